The summed E-state index contributed by atoms with van der Waals surface area (Å²) in [6.07, 6.45) is 4.23. The third-order valence-electron chi connectivity index (χ3n) is 11.7. The van der Waals surface area contributed by atoms with Crippen LogP contribution in [0, 0.1) is 33.5 Å². The Kier molecular flexibility index (Phi) is 6.50. The van der Waals surface area contributed by atoms with Crippen molar-refractivity contribution in [3.8, 4) is 0 Å². The van der Waals surface area contributed by atoms with Crippen LogP contribution >= 0.6 is 0 Å². The van der Waals surface area contributed by atoms with Crippen LogP contribution in [0.4, 0.5) is 0 Å². The van der Waals surface area contributed by atoms with Crippen LogP contribution in [-0.2, 0) is 9.59 Å². The standard InChI is InChI=1S/C26H44N2O4Se2/c1-15(29)27-13-25(31)19(17-9-11-23(25,7)21(17,3)4)33-34-20-18-10-12-24(8,22(18,5)6)26(20,32)14-28-16(2)30/h17-20,31-32H,9-14H2,1-8H3,(H,27,29)(H,28,30). The van der Waals surface area contributed by atoms with E-state index >= 15 is 0 Å². The molecule has 4 saturated carbocycles. The molecule has 4 aliphatic carbocycles. The van der Waals surface area contributed by atoms with Crippen LogP contribution in [0.25, 0.3) is 0 Å². The maximum absolute atomic E-state index is 12.2. The van der Waals surface area contributed by atoms with E-state index in [1.165, 1.54) is 13.8 Å². The van der Waals surface area contributed by atoms with Gasteiger partial charge < -0.3 is 0 Å². The average Bonchev–Trinajstić information content (AvgIpc) is 3.20. The predicted octanol–water partition coefficient (Wildman–Crippen LogP) is 2.53. The molecule has 4 bridgehead atoms. The Morgan fingerprint density at radius 3 is 1.35 bits per heavy atom. The minimum atomic E-state index is -0.917. The number of hydrogen-bond donors (Lipinski definition) is 4. The average molecular weight is 607 g/mol. The molecule has 4 N–H and O–H groups in total. The normalized spacial score (nSPS) is 47.7. The molecule has 2 amide bonds. The number of amides is 2. The van der Waals surface area contributed by atoms with Crippen molar-refractivity contribution >= 4 is 38.1 Å². The summed E-state index contributed by atoms with van der Waals surface area (Å²) in [5, 5.41) is 30.4. The van der Waals surface area contributed by atoms with Gasteiger partial charge in [0.2, 0.25) is 0 Å². The number of nitrogens with one attached hydrogen (secondary N) is 2. The summed E-state index contributed by atoms with van der Waals surface area (Å²) in [5.41, 5.74) is -2.28. The Morgan fingerprint density at radius 2 is 1.06 bits per heavy atom. The van der Waals surface area contributed by atoms with Crippen molar-refractivity contribution in [1.29, 1.82) is 0 Å². The Bertz CT molecular complexity index is 811. The van der Waals surface area contributed by atoms with Crippen molar-refractivity contribution in [2.24, 2.45) is 33.5 Å². The predicted molar refractivity (Wildman–Crippen MR) is 135 cm³/mol. The van der Waals surface area contributed by atoms with E-state index in [-0.39, 0.29) is 69.4 Å². The molecule has 0 aromatic carbocycles. The second-order valence-corrected chi connectivity index (χ2v) is 20.2. The molecule has 0 spiro atoms. The van der Waals surface area contributed by atoms with Crippen LogP contribution in [0.5, 0.6) is 0 Å². The molecule has 8 atom stereocenters. The van der Waals surface area contributed by atoms with Crippen molar-refractivity contribution in [3.63, 3.8) is 0 Å². The van der Waals surface area contributed by atoms with Gasteiger partial charge >= 0.3 is 217 Å². The monoisotopic (exact) mass is 608 g/mol. The second kappa shape index (κ2) is 8.20. The van der Waals surface area contributed by atoms with Crippen molar-refractivity contribution in [2.75, 3.05) is 13.1 Å². The molecule has 4 aliphatic rings. The summed E-state index contributed by atoms with van der Waals surface area (Å²) in [5.74, 6) is 0.677. The number of carbonyl (C=O) groups excluding carboxylic acids is 2. The van der Waals surface area contributed by atoms with Crippen molar-refractivity contribution < 1.29 is 19.8 Å². The number of carbonyl (C=O) groups is 2. The molecule has 4 rings (SSSR count). The van der Waals surface area contributed by atoms with E-state index in [1.807, 2.05) is 0 Å². The van der Waals surface area contributed by atoms with E-state index in [0.717, 1.165) is 25.7 Å². The van der Waals surface area contributed by atoms with E-state index in [9.17, 15) is 19.8 Å². The molecule has 0 aromatic heterocycles. The summed E-state index contributed by atoms with van der Waals surface area (Å²) < 4.78 is 0. The summed E-state index contributed by atoms with van der Waals surface area (Å²) in [6.45, 7) is 17.4. The zero-order chi connectivity index (χ0) is 25.5. The van der Waals surface area contributed by atoms with E-state index < -0.39 is 11.2 Å². The summed E-state index contributed by atoms with van der Waals surface area (Å²) in [7, 11) is 0. The fraction of sp³-hybridized carbons (Fsp3) is 0.923. The molecule has 8 heteroatoms. The summed E-state index contributed by atoms with van der Waals surface area (Å²) in [4.78, 5) is 24.0. The molecule has 0 radical (unpaired) electrons. The fourth-order valence-electron chi connectivity index (χ4n) is 8.50. The zero-order valence-corrected chi connectivity index (χ0v) is 25.5. The minimum absolute atomic E-state index is 0.00906. The Balaban J connectivity index is 1.63. The van der Waals surface area contributed by atoms with Gasteiger partial charge in [-0.15, -0.1) is 0 Å². The van der Waals surface area contributed by atoms with Crippen molar-refractivity contribution in [3.05, 3.63) is 0 Å². The topological polar surface area (TPSA) is 98.7 Å². The van der Waals surface area contributed by atoms with Gasteiger partial charge in [-0.05, 0) is 0 Å². The molecule has 34 heavy (non-hydrogen) atoms. The number of fused-ring (bicyclic) bond motifs is 4. The van der Waals surface area contributed by atoms with Gasteiger partial charge in [0.25, 0.3) is 0 Å². The van der Waals surface area contributed by atoms with Gasteiger partial charge in [-0.1, -0.05) is 0 Å². The molecule has 8 unspecified atom stereocenters. The van der Waals surface area contributed by atoms with Gasteiger partial charge in [0.05, 0.1) is 0 Å². The molecule has 194 valence electrons. The van der Waals surface area contributed by atoms with Gasteiger partial charge in [0.1, 0.15) is 0 Å². The first-order chi connectivity index (χ1) is 15.5. The molecular weight excluding hydrogens is 562 g/mol. The number of hydrogen-bond acceptors (Lipinski definition) is 4. The van der Waals surface area contributed by atoms with Gasteiger partial charge in [0.15, 0.2) is 0 Å². The first-order valence-electron chi connectivity index (χ1n) is 12.8. The number of rotatable bonds is 7. The van der Waals surface area contributed by atoms with Crippen LogP contribution in [0.3, 0.4) is 0 Å². The van der Waals surface area contributed by atoms with Crippen LogP contribution in [-0.4, -0.2) is 72.6 Å². The molecule has 4 fully saturated rings. The maximum atomic E-state index is 12.2. The Labute approximate surface area is 216 Å². The zero-order valence-electron chi connectivity index (χ0n) is 22.1. The molecule has 0 saturated heterocycles. The quantitative estimate of drug-likeness (QED) is 0.335. The van der Waals surface area contributed by atoms with Gasteiger partial charge in [-0.2, -0.15) is 0 Å². The first-order valence-corrected chi connectivity index (χ1v) is 19.1. The number of aliphatic hydroxyl groups is 2. The van der Waals surface area contributed by atoms with Gasteiger partial charge in [0, 0.05) is 0 Å². The van der Waals surface area contributed by atoms with E-state index in [0.29, 0.717) is 24.9 Å². The van der Waals surface area contributed by atoms with Gasteiger partial charge in [-0.25, -0.2) is 0 Å². The molecule has 0 aliphatic heterocycles. The van der Waals surface area contributed by atoms with Crippen LogP contribution in [0.1, 0.15) is 81.1 Å². The van der Waals surface area contributed by atoms with E-state index in [4.69, 9.17) is 0 Å². The SMILES string of the molecule is CC(=O)NCC1(O)C([Se][Se]C2C3CCC(C)(C3(C)C)C2(O)CNC(C)=O)C2CCC1(C)C2(C)C. The van der Waals surface area contributed by atoms with Crippen LogP contribution in [0.15, 0.2) is 0 Å². The van der Waals surface area contributed by atoms with Crippen LogP contribution < -0.4 is 10.6 Å². The second-order valence-electron chi connectivity index (χ2n) is 13.1. The molecular formula is C26H44N2O4Se2. The van der Waals surface area contributed by atoms with Crippen molar-refractivity contribution in [1.82, 2.24) is 10.6 Å². The Morgan fingerprint density at radius 1 is 0.735 bits per heavy atom. The fourth-order valence-corrected chi connectivity index (χ4v) is 22.7. The van der Waals surface area contributed by atoms with Crippen molar-refractivity contribution in [2.45, 2.75) is 102 Å². The van der Waals surface area contributed by atoms with E-state index in [2.05, 4.69) is 52.2 Å². The molecule has 0 aromatic rings. The Hall–Kier alpha value is -0.101. The first kappa shape index (κ1) is 26.9. The molecule has 6 nitrogen and oxygen atoms in total. The van der Waals surface area contributed by atoms with Gasteiger partial charge in [-0.3, -0.25) is 0 Å². The third-order valence-corrected chi connectivity index (χ3v) is 21.5. The summed E-state index contributed by atoms with van der Waals surface area (Å²) in [6, 6.07) is 0. The third kappa shape index (κ3) is 3.24. The molecule has 0 heterocycles. The van der Waals surface area contributed by atoms with Crippen LogP contribution in [0.2, 0.25) is 9.63 Å². The van der Waals surface area contributed by atoms with E-state index in [1.54, 1.807) is 0 Å². The summed E-state index contributed by atoms with van der Waals surface area (Å²) >= 11 is 0.318.